The lowest BCUT2D eigenvalue weighted by Gasteiger charge is -2.27. The lowest BCUT2D eigenvalue weighted by atomic mass is 9.86. The highest BCUT2D eigenvalue weighted by Crippen LogP contribution is 2.37. The Labute approximate surface area is 217 Å². The highest BCUT2D eigenvalue weighted by molar-refractivity contribution is 5.68. The van der Waals surface area contributed by atoms with Crippen LogP contribution in [0.4, 0.5) is 22.0 Å². The Morgan fingerprint density at radius 1 is 0.838 bits per heavy atom. The van der Waals surface area contributed by atoms with Crippen molar-refractivity contribution >= 4 is 0 Å². The number of hydrogen-bond acceptors (Lipinski definition) is 2. The van der Waals surface area contributed by atoms with Crippen LogP contribution in [0.2, 0.25) is 0 Å². The summed E-state index contributed by atoms with van der Waals surface area (Å²) in [7, 11) is 0. The molecule has 0 heterocycles. The van der Waals surface area contributed by atoms with Crippen LogP contribution < -0.4 is 4.74 Å². The molecule has 206 valence electrons. The van der Waals surface area contributed by atoms with Crippen molar-refractivity contribution in [1.82, 2.24) is 0 Å². The van der Waals surface area contributed by atoms with Crippen molar-refractivity contribution in [2.24, 2.45) is 0 Å². The molecule has 2 aromatic rings. The van der Waals surface area contributed by atoms with E-state index < -0.39 is 35.5 Å². The first-order chi connectivity index (χ1) is 17.9. The maximum absolute atomic E-state index is 15.1. The van der Waals surface area contributed by atoms with Gasteiger partial charge in [-0.05, 0) is 55.0 Å². The van der Waals surface area contributed by atoms with Crippen molar-refractivity contribution in [3.8, 4) is 16.9 Å². The minimum atomic E-state index is -1.27. The van der Waals surface area contributed by atoms with Crippen LogP contribution in [0.25, 0.3) is 11.1 Å². The molecule has 0 radical (unpaired) electrons. The third-order valence-corrected chi connectivity index (χ3v) is 7.04. The van der Waals surface area contributed by atoms with E-state index in [0.717, 1.165) is 51.4 Å². The number of fused-ring (bicyclic) bond motifs is 1. The molecule has 7 heteroatoms. The molecule has 1 aliphatic carbocycles. The van der Waals surface area contributed by atoms with Crippen molar-refractivity contribution in [3.05, 3.63) is 52.6 Å². The van der Waals surface area contributed by atoms with Gasteiger partial charge in [-0.3, -0.25) is 0 Å². The van der Waals surface area contributed by atoms with Crippen LogP contribution in [0.5, 0.6) is 5.75 Å². The Bertz CT molecular complexity index is 1010. The molecule has 0 fully saturated rings. The average molecular weight is 527 g/mol. The first-order valence-electron chi connectivity index (χ1n) is 13.7. The number of ether oxygens (including phenoxy) is 2. The zero-order valence-corrected chi connectivity index (χ0v) is 22.0. The Morgan fingerprint density at radius 3 is 2.27 bits per heavy atom. The summed E-state index contributed by atoms with van der Waals surface area (Å²) >= 11 is 0. The van der Waals surface area contributed by atoms with Crippen LogP contribution in [-0.4, -0.2) is 25.5 Å². The molecular weight excluding hydrogens is 487 g/mol. The monoisotopic (exact) mass is 526 g/mol. The first-order valence-corrected chi connectivity index (χ1v) is 13.7. The Morgan fingerprint density at radius 2 is 1.54 bits per heavy atom. The zero-order chi connectivity index (χ0) is 26.8. The summed E-state index contributed by atoms with van der Waals surface area (Å²) in [6, 6.07) is 3.86. The Kier molecular flexibility index (Phi) is 11.7. The van der Waals surface area contributed by atoms with Crippen LogP contribution in [0.3, 0.4) is 0 Å². The van der Waals surface area contributed by atoms with E-state index in [1.54, 1.807) is 0 Å². The molecule has 0 bridgehead atoms. The first kappa shape index (κ1) is 29.4. The third-order valence-electron chi connectivity index (χ3n) is 7.04. The lowest BCUT2D eigenvalue weighted by Crippen LogP contribution is -2.27. The van der Waals surface area contributed by atoms with Gasteiger partial charge >= 0.3 is 0 Å². The van der Waals surface area contributed by atoms with E-state index in [2.05, 4.69) is 13.8 Å². The van der Waals surface area contributed by atoms with E-state index in [0.29, 0.717) is 24.8 Å². The number of rotatable bonds is 15. The summed E-state index contributed by atoms with van der Waals surface area (Å²) in [6.07, 6.45) is 7.62. The molecule has 37 heavy (non-hydrogen) atoms. The van der Waals surface area contributed by atoms with Gasteiger partial charge in [-0.15, -0.1) is 0 Å². The van der Waals surface area contributed by atoms with Gasteiger partial charge < -0.3 is 9.47 Å². The number of halogens is 5. The molecule has 0 saturated heterocycles. The fourth-order valence-electron chi connectivity index (χ4n) is 4.82. The molecule has 1 aliphatic rings. The standard InChI is InChI=1S/C30H39F5O2/c1-3-5-7-9-11-21(31)19-37-22-13-12-20-17-25(29(34)28(33)24(20)18-22)23-14-15-26(30(35)27(23)32)36-16-10-8-6-4-2/h14-15,17,21-22H,3-13,16,18-19H2,1-2H3. The number of alkyl halides is 1. The predicted octanol–water partition coefficient (Wildman–Crippen LogP) is 9.05. The molecule has 2 aromatic carbocycles. The molecular formula is C30H39F5O2. The second-order valence-electron chi connectivity index (χ2n) is 9.98. The van der Waals surface area contributed by atoms with Gasteiger partial charge in [0.25, 0.3) is 0 Å². The quantitative estimate of drug-likeness (QED) is 0.170. The van der Waals surface area contributed by atoms with Gasteiger partial charge in [0.1, 0.15) is 6.17 Å². The largest absolute Gasteiger partial charge is 0.490 e. The fraction of sp³-hybridized carbons (Fsp3) is 0.600. The molecule has 0 saturated carbocycles. The molecule has 0 aliphatic heterocycles. The summed E-state index contributed by atoms with van der Waals surface area (Å²) in [6.45, 7) is 4.36. The summed E-state index contributed by atoms with van der Waals surface area (Å²) in [5.41, 5.74) is 0.0131. The molecule has 0 N–H and O–H groups in total. The number of hydrogen-bond donors (Lipinski definition) is 0. The molecule has 0 spiro atoms. The van der Waals surface area contributed by atoms with E-state index in [-0.39, 0.29) is 42.1 Å². The van der Waals surface area contributed by atoms with Crippen molar-refractivity contribution in [3.63, 3.8) is 0 Å². The summed E-state index contributed by atoms with van der Waals surface area (Å²) in [4.78, 5) is 0. The van der Waals surface area contributed by atoms with Gasteiger partial charge in [-0.1, -0.05) is 58.8 Å². The van der Waals surface area contributed by atoms with Crippen molar-refractivity contribution in [2.45, 2.75) is 103 Å². The topological polar surface area (TPSA) is 18.5 Å². The molecule has 0 amide bonds. The third kappa shape index (κ3) is 7.92. The number of aryl methyl sites for hydroxylation is 1. The van der Waals surface area contributed by atoms with E-state index in [1.165, 1.54) is 18.2 Å². The maximum atomic E-state index is 15.1. The van der Waals surface area contributed by atoms with Crippen molar-refractivity contribution in [1.29, 1.82) is 0 Å². The Balaban J connectivity index is 1.67. The van der Waals surface area contributed by atoms with Crippen molar-refractivity contribution < 1.29 is 31.4 Å². The smallest absolute Gasteiger partial charge is 0.201 e. The number of unbranched alkanes of at least 4 members (excludes halogenated alkanes) is 6. The number of benzene rings is 2. The second-order valence-corrected chi connectivity index (χ2v) is 9.98. The molecule has 3 rings (SSSR count). The SMILES string of the molecule is CCCCCCOc1ccc(-c2cc3c(c(F)c2F)CC(OCC(F)CCCCCC)CC3)c(F)c1F. The lowest BCUT2D eigenvalue weighted by molar-refractivity contribution is 0.00865. The minimum absolute atomic E-state index is 0.0637. The van der Waals surface area contributed by atoms with Crippen LogP contribution in [-0.2, 0) is 17.6 Å². The normalized spacial score (nSPS) is 16.0. The maximum Gasteiger partial charge on any atom is 0.201 e. The Hall–Kier alpha value is -2.15. The van der Waals surface area contributed by atoms with Gasteiger partial charge in [0.2, 0.25) is 5.82 Å². The average Bonchev–Trinajstić information content (AvgIpc) is 2.90. The summed E-state index contributed by atoms with van der Waals surface area (Å²) in [5, 5.41) is 0. The minimum Gasteiger partial charge on any atom is -0.490 e. The van der Waals surface area contributed by atoms with Crippen LogP contribution in [0.1, 0.15) is 89.2 Å². The van der Waals surface area contributed by atoms with E-state index >= 15 is 8.78 Å². The van der Waals surface area contributed by atoms with Crippen LogP contribution in [0.15, 0.2) is 18.2 Å². The van der Waals surface area contributed by atoms with E-state index in [1.807, 2.05) is 0 Å². The molecule has 2 nitrogen and oxygen atoms in total. The zero-order valence-electron chi connectivity index (χ0n) is 22.0. The molecule has 2 unspecified atom stereocenters. The highest BCUT2D eigenvalue weighted by Gasteiger charge is 2.28. The van der Waals surface area contributed by atoms with Gasteiger partial charge in [0.15, 0.2) is 23.2 Å². The van der Waals surface area contributed by atoms with Gasteiger partial charge in [-0.2, -0.15) is 4.39 Å². The van der Waals surface area contributed by atoms with Crippen molar-refractivity contribution in [2.75, 3.05) is 13.2 Å². The van der Waals surface area contributed by atoms with E-state index in [9.17, 15) is 13.2 Å². The second kappa shape index (κ2) is 14.7. The highest BCUT2D eigenvalue weighted by atomic mass is 19.2. The molecule has 0 aromatic heterocycles. The van der Waals surface area contributed by atoms with Gasteiger partial charge in [0.05, 0.1) is 19.3 Å². The summed E-state index contributed by atoms with van der Waals surface area (Å²) in [5.74, 6) is -5.05. The van der Waals surface area contributed by atoms with Crippen LogP contribution in [0, 0.1) is 23.3 Å². The predicted molar refractivity (Wildman–Crippen MR) is 137 cm³/mol. The van der Waals surface area contributed by atoms with Gasteiger partial charge in [-0.25, -0.2) is 17.6 Å². The van der Waals surface area contributed by atoms with Crippen LogP contribution >= 0.6 is 0 Å². The van der Waals surface area contributed by atoms with E-state index in [4.69, 9.17) is 9.47 Å². The molecule has 2 atom stereocenters. The summed E-state index contributed by atoms with van der Waals surface area (Å²) < 4.78 is 84.9. The van der Waals surface area contributed by atoms with Gasteiger partial charge in [0, 0.05) is 17.5 Å². The fourth-order valence-corrected chi connectivity index (χ4v) is 4.82.